The zero-order chi connectivity index (χ0) is 14.9. The molecule has 0 rings (SSSR count). The Morgan fingerprint density at radius 3 is 2.05 bits per heavy atom. The lowest BCUT2D eigenvalue weighted by molar-refractivity contribution is 0.285. The number of alkyl halides is 1. The first kappa shape index (κ1) is 19.2. The summed E-state index contributed by atoms with van der Waals surface area (Å²) in [6, 6.07) is 0. The molecule has 0 aromatic rings. The number of hydrogen-bond acceptors (Lipinski definition) is 3. The van der Waals surface area contributed by atoms with Gasteiger partial charge in [0.05, 0.1) is 5.75 Å². The Balaban J connectivity index is 4.33. The highest BCUT2D eigenvalue weighted by molar-refractivity contribution is 7.89. The predicted molar refractivity (Wildman–Crippen MR) is 83.3 cm³/mol. The molecule has 0 aromatic heterocycles. The molecule has 0 bridgehead atoms. The minimum Gasteiger partial charge on any atom is -0.304 e. The lowest BCUT2D eigenvalue weighted by Crippen LogP contribution is -2.37. The van der Waals surface area contributed by atoms with Crippen LogP contribution in [0.5, 0.6) is 0 Å². The number of hydrogen-bond donors (Lipinski definition) is 0. The Morgan fingerprint density at radius 1 is 1.05 bits per heavy atom. The van der Waals surface area contributed by atoms with E-state index in [0.717, 1.165) is 26.1 Å². The first-order chi connectivity index (χ1) is 8.91. The summed E-state index contributed by atoms with van der Waals surface area (Å²) in [7, 11) is -3.16. The second-order valence-corrected chi connectivity index (χ2v) is 7.23. The van der Waals surface area contributed by atoms with Crippen molar-refractivity contribution in [3.63, 3.8) is 0 Å². The Morgan fingerprint density at radius 2 is 1.63 bits per heavy atom. The fourth-order valence-electron chi connectivity index (χ4n) is 2.01. The monoisotopic (exact) mass is 312 g/mol. The first-order valence-corrected chi connectivity index (χ1v) is 9.31. The van der Waals surface area contributed by atoms with Crippen LogP contribution in [0.4, 0.5) is 0 Å². The summed E-state index contributed by atoms with van der Waals surface area (Å²) in [5.41, 5.74) is 0. The third kappa shape index (κ3) is 7.49. The largest absolute Gasteiger partial charge is 0.304 e. The maximum atomic E-state index is 12.2. The fraction of sp³-hybridized carbons (Fsp3) is 1.00. The molecule has 0 aliphatic carbocycles. The molecule has 0 aliphatic rings. The molecule has 1 atom stereocenters. The van der Waals surface area contributed by atoms with E-state index >= 15 is 0 Å². The number of nitrogens with zero attached hydrogens (tertiary/aromatic N) is 2. The Hall–Kier alpha value is 0.160. The zero-order valence-corrected chi connectivity index (χ0v) is 14.3. The second kappa shape index (κ2) is 9.97. The third-order valence-corrected chi connectivity index (χ3v) is 6.03. The van der Waals surface area contributed by atoms with Gasteiger partial charge < -0.3 is 4.90 Å². The SMILES string of the molecule is CCN(CC)CCCN(CC)S(=O)(=O)CC(C)CCl. The topological polar surface area (TPSA) is 40.6 Å². The van der Waals surface area contributed by atoms with Crippen molar-refractivity contribution in [3.05, 3.63) is 0 Å². The van der Waals surface area contributed by atoms with Crippen LogP contribution in [0.1, 0.15) is 34.1 Å². The molecule has 0 aliphatic heterocycles. The van der Waals surface area contributed by atoms with Crippen molar-refractivity contribution in [2.75, 3.05) is 44.4 Å². The van der Waals surface area contributed by atoms with Gasteiger partial charge in [0.2, 0.25) is 10.0 Å². The van der Waals surface area contributed by atoms with Gasteiger partial charge in [-0.1, -0.05) is 27.7 Å². The van der Waals surface area contributed by atoms with Gasteiger partial charge in [0.1, 0.15) is 0 Å². The van der Waals surface area contributed by atoms with Crippen molar-refractivity contribution >= 4 is 21.6 Å². The van der Waals surface area contributed by atoms with E-state index in [4.69, 9.17) is 11.6 Å². The van der Waals surface area contributed by atoms with Crippen molar-refractivity contribution in [1.29, 1.82) is 0 Å². The minimum atomic E-state index is -3.16. The van der Waals surface area contributed by atoms with Crippen LogP contribution < -0.4 is 0 Å². The molecular formula is C13H29ClN2O2S. The molecule has 0 saturated carbocycles. The average Bonchev–Trinajstić information content (AvgIpc) is 2.38. The van der Waals surface area contributed by atoms with E-state index in [1.54, 1.807) is 4.31 Å². The lowest BCUT2D eigenvalue weighted by atomic mass is 10.3. The molecule has 0 saturated heterocycles. The summed E-state index contributed by atoms with van der Waals surface area (Å²) in [4.78, 5) is 2.31. The van der Waals surface area contributed by atoms with Gasteiger partial charge in [0, 0.05) is 19.0 Å². The maximum absolute atomic E-state index is 12.2. The van der Waals surface area contributed by atoms with Gasteiger partial charge >= 0.3 is 0 Å². The highest BCUT2D eigenvalue weighted by atomic mass is 35.5. The van der Waals surface area contributed by atoms with Crippen molar-refractivity contribution in [2.45, 2.75) is 34.1 Å². The molecule has 116 valence electrons. The van der Waals surface area contributed by atoms with Crippen LogP contribution in [0.3, 0.4) is 0 Å². The van der Waals surface area contributed by atoms with Gasteiger partial charge in [0.15, 0.2) is 0 Å². The lowest BCUT2D eigenvalue weighted by Gasteiger charge is -2.24. The number of rotatable bonds is 11. The smallest absolute Gasteiger partial charge is 0.214 e. The summed E-state index contributed by atoms with van der Waals surface area (Å²) < 4.78 is 26.0. The van der Waals surface area contributed by atoms with Crippen molar-refractivity contribution in [1.82, 2.24) is 9.21 Å². The third-order valence-electron chi connectivity index (χ3n) is 3.28. The fourth-order valence-corrected chi connectivity index (χ4v) is 4.10. The molecule has 0 N–H and O–H groups in total. The van der Waals surface area contributed by atoms with Crippen LogP contribution in [0.25, 0.3) is 0 Å². The molecule has 0 heterocycles. The molecule has 19 heavy (non-hydrogen) atoms. The summed E-state index contributed by atoms with van der Waals surface area (Å²) in [5.74, 6) is 0.537. The zero-order valence-electron chi connectivity index (χ0n) is 12.7. The molecule has 0 amide bonds. The molecule has 0 aromatic carbocycles. The Labute approximate surface area is 124 Å². The summed E-state index contributed by atoms with van der Waals surface area (Å²) >= 11 is 5.70. The van der Waals surface area contributed by atoms with E-state index in [1.807, 2.05) is 13.8 Å². The Bertz CT molecular complexity index is 319. The molecule has 0 radical (unpaired) electrons. The quantitative estimate of drug-likeness (QED) is 0.549. The van der Waals surface area contributed by atoms with Crippen LogP contribution in [0.2, 0.25) is 0 Å². The average molecular weight is 313 g/mol. The van der Waals surface area contributed by atoms with E-state index < -0.39 is 10.0 Å². The van der Waals surface area contributed by atoms with Crippen molar-refractivity contribution in [3.8, 4) is 0 Å². The highest BCUT2D eigenvalue weighted by Gasteiger charge is 2.22. The summed E-state index contributed by atoms with van der Waals surface area (Å²) in [6.07, 6.45) is 0.879. The van der Waals surface area contributed by atoms with Crippen LogP contribution in [0, 0.1) is 5.92 Å². The van der Waals surface area contributed by atoms with Gasteiger partial charge in [-0.05, 0) is 32.0 Å². The van der Waals surface area contributed by atoms with Crippen molar-refractivity contribution < 1.29 is 8.42 Å². The van der Waals surface area contributed by atoms with Gasteiger partial charge in [0.25, 0.3) is 0 Å². The molecule has 4 nitrogen and oxygen atoms in total. The normalized spacial score (nSPS) is 14.3. The van der Waals surface area contributed by atoms with Crippen LogP contribution in [0.15, 0.2) is 0 Å². The van der Waals surface area contributed by atoms with Crippen LogP contribution in [-0.4, -0.2) is 62.0 Å². The number of halogens is 1. The summed E-state index contributed by atoms with van der Waals surface area (Å²) in [6.45, 7) is 12.1. The second-order valence-electron chi connectivity index (χ2n) is 4.91. The standard InChI is InChI=1S/C13H29ClN2O2S/c1-5-15(6-2)9-8-10-16(7-3)19(17,18)12-13(4)11-14/h13H,5-12H2,1-4H3. The molecule has 1 unspecified atom stereocenters. The van der Waals surface area contributed by atoms with E-state index in [0.29, 0.717) is 19.0 Å². The van der Waals surface area contributed by atoms with Gasteiger partial charge in [-0.3, -0.25) is 0 Å². The van der Waals surface area contributed by atoms with Gasteiger partial charge in [-0.25, -0.2) is 12.7 Å². The van der Waals surface area contributed by atoms with E-state index in [9.17, 15) is 8.42 Å². The van der Waals surface area contributed by atoms with Crippen molar-refractivity contribution in [2.24, 2.45) is 5.92 Å². The highest BCUT2D eigenvalue weighted by Crippen LogP contribution is 2.10. The van der Waals surface area contributed by atoms with E-state index in [2.05, 4.69) is 18.7 Å². The van der Waals surface area contributed by atoms with Crippen LogP contribution >= 0.6 is 11.6 Å². The van der Waals surface area contributed by atoms with Gasteiger partial charge in [-0.15, -0.1) is 11.6 Å². The van der Waals surface area contributed by atoms with E-state index in [-0.39, 0.29) is 11.7 Å². The first-order valence-electron chi connectivity index (χ1n) is 7.17. The molecule has 0 spiro atoms. The molecular weight excluding hydrogens is 284 g/mol. The molecule has 0 fully saturated rings. The Kier molecular flexibility index (Phi) is 10.1. The van der Waals surface area contributed by atoms with Gasteiger partial charge in [-0.2, -0.15) is 0 Å². The maximum Gasteiger partial charge on any atom is 0.214 e. The molecule has 6 heteroatoms. The van der Waals surface area contributed by atoms with E-state index in [1.165, 1.54) is 0 Å². The number of sulfonamides is 1. The minimum absolute atomic E-state index is 0.00324. The van der Waals surface area contributed by atoms with Crippen LogP contribution in [-0.2, 0) is 10.0 Å². The predicted octanol–water partition coefficient (Wildman–Crippen LogP) is 2.24. The summed E-state index contributed by atoms with van der Waals surface area (Å²) in [5, 5.41) is 0.